The van der Waals surface area contributed by atoms with Gasteiger partial charge in [-0.15, -0.1) is 0 Å². The molecular weight excluding hydrogens is 390 g/mol. The predicted octanol–water partition coefficient (Wildman–Crippen LogP) is 3.49. The molecule has 0 spiro atoms. The van der Waals surface area contributed by atoms with Crippen LogP contribution in [0.25, 0.3) is 10.8 Å². The lowest BCUT2D eigenvalue weighted by Gasteiger charge is -2.24. The van der Waals surface area contributed by atoms with E-state index in [1.165, 1.54) is 0 Å². The Morgan fingerprint density at radius 3 is 2.14 bits per heavy atom. The summed E-state index contributed by atoms with van der Waals surface area (Å²) in [6.07, 6.45) is 0.589. The van der Waals surface area contributed by atoms with E-state index in [4.69, 9.17) is 13.3 Å². The van der Waals surface area contributed by atoms with Gasteiger partial charge in [-0.05, 0) is 49.6 Å². The molecule has 0 fully saturated rings. The second-order valence-electron chi connectivity index (χ2n) is 7.81. The van der Waals surface area contributed by atoms with Gasteiger partial charge in [0.2, 0.25) is 0 Å². The number of benzene rings is 2. The summed E-state index contributed by atoms with van der Waals surface area (Å²) in [6.45, 7) is 5.55. The van der Waals surface area contributed by atoms with Crippen molar-refractivity contribution in [1.29, 1.82) is 0 Å². The van der Waals surface area contributed by atoms with Gasteiger partial charge in [-0.3, -0.25) is 4.79 Å². The molecule has 0 aliphatic heterocycles. The van der Waals surface area contributed by atoms with Crippen LogP contribution in [0.3, 0.4) is 0 Å². The molecule has 2 aromatic rings. The number of carbonyl (C=O) groups is 2. The Bertz CT molecular complexity index is 894. The van der Waals surface area contributed by atoms with Gasteiger partial charge in [-0.25, -0.2) is 4.79 Å². The minimum absolute atomic E-state index is 0.000155. The number of rotatable bonds is 8. The predicted molar refractivity (Wildman–Crippen MR) is 113 cm³/mol. The molecule has 2 rings (SSSR count). The largest absolute Gasteiger partial charge is 0.500 e. The summed E-state index contributed by atoms with van der Waals surface area (Å²) in [4.78, 5) is 24.7. The Kier molecular flexibility index (Phi) is 7.18. The van der Waals surface area contributed by atoms with Crippen LogP contribution < -0.4 is 5.32 Å². The van der Waals surface area contributed by atoms with Crippen molar-refractivity contribution in [3.63, 3.8) is 0 Å². The van der Waals surface area contributed by atoms with Crippen LogP contribution in [-0.2, 0) is 19.7 Å². The normalized spacial score (nSPS) is 12.2. The summed E-state index contributed by atoms with van der Waals surface area (Å²) in [7, 11) is 1.92. The highest BCUT2D eigenvalue weighted by Gasteiger charge is 2.37. The molecule has 0 radical (unpaired) electrons. The standard InChI is InChI=1S/C21H29NO6Si/c1-21(2,3)22-19(23)17-11-10-15-14(12-13-29(26-4,27-5)28-6)8-7-9-16(15)18(17)20(24)25/h7-11H,12-13H2,1-6H3,(H,22,23)(H,24,25). The quantitative estimate of drug-likeness (QED) is 0.636. The Morgan fingerprint density at radius 1 is 1.00 bits per heavy atom. The minimum Gasteiger partial charge on any atom is -0.478 e. The summed E-state index contributed by atoms with van der Waals surface area (Å²) >= 11 is 0. The first-order chi connectivity index (χ1) is 13.6. The van der Waals surface area contributed by atoms with Crippen LogP contribution in [0.1, 0.15) is 47.1 Å². The van der Waals surface area contributed by atoms with Gasteiger partial charge in [0.25, 0.3) is 5.91 Å². The molecule has 0 aromatic heterocycles. The lowest BCUT2D eigenvalue weighted by atomic mass is 9.94. The average molecular weight is 420 g/mol. The third-order valence-corrected chi connectivity index (χ3v) is 7.46. The molecule has 0 atom stereocenters. The Balaban J connectivity index is 2.52. The Morgan fingerprint density at radius 2 is 1.62 bits per heavy atom. The molecule has 0 saturated heterocycles. The van der Waals surface area contributed by atoms with Crippen LogP contribution in [0, 0.1) is 0 Å². The molecular formula is C21H29NO6Si. The molecule has 0 saturated carbocycles. The Labute approximate surface area is 172 Å². The summed E-state index contributed by atoms with van der Waals surface area (Å²) in [5.74, 6) is -1.55. The first kappa shape index (κ1) is 23.0. The number of amides is 1. The summed E-state index contributed by atoms with van der Waals surface area (Å²) in [5, 5.41) is 14.0. The molecule has 0 bridgehead atoms. The fourth-order valence-electron chi connectivity index (χ4n) is 3.31. The van der Waals surface area contributed by atoms with Crippen molar-refractivity contribution in [2.45, 2.75) is 38.8 Å². The highest BCUT2D eigenvalue weighted by molar-refractivity contribution is 6.60. The van der Waals surface area contributed by atoms with Crippen molar-refractivity contribution >= 4 is 31.5 Å². The van der Waals surface area contributed by atoms with E-state index in [0.717, 1.165) is 10.9 Å². The van der Waals surface area contributed by atoms with Gasteiger partial charge in [0, 0.05) is 32.9 Å². The van der Waals surface area contributed by atoms with Crippen molar-refractivity contribution in [2.75, 3.05) is 21.3 Å². The highest BCUT2D eigenvalue weighted by Crippen LogP contribution is 2.28. The van der Waals surface area contributed by atoms with Crippen LogP contribution in [0.4, 0.5) is 0 Å². The zero-order valence-electron chi connectivity index (χ0n) is 17.8. The van der Waals surface area contributed by atoms with Crippen LogP contribution in [0.2, 0.25) is 6.04 Å². The number of carboxylic acid groups (broad SMARTS) is 1. The van der Waals surface area contributed by atoms with Crippen molar-refractivity contribution < 1.29 is 28.0 Å². The topological polar surface area (TPSA) is 94.1 Å². The molecule has 0 aliphatic carbocycles. The summed E-state index contributed by atoms with van der Waals surface area (Å²) in [6, 6.07) is 9.37. The summed E-state index contributed by atoms with van der Waals surface area (Å²) in [5.41, 5.74) is 0.611. The number of hydrogen-bond acceptors (Lipinski definition) is 5. The van der Waals surface area contributed by atoms with Crippen molar-refractivity contribution in [3.05, 3.63) is 47.0 Å². The number of aryl methyl sites for hydroxylation is 1. The average Bonchev–Trinajstić information content (AvgIpc) is 2.67. The molecule has 7 nitrogen and oxygen atoms in total. The van der Waals surface area contributed by atoms with Gasteiger partial charge in [0.1, 0.15) is 0 Å². The third kappa shape index (κ3) is 5.21. The molecule has 1 amide bonds. The molecule has 2 aromatic carbocycles. The fraction of sp³-hybridized carbons (Fsp3) is 0.429. The second kappa shape index (κ2) is 9.04. The third-order valence-electron chi connectivity index (χ3n) is 4.73. The smallest absolute Gasteiger partial charge is 0.478 e. The van der Waals surface area contributed by atoms with Crippen molar-refractivity contribution in [2.24, 2.45) is 0 Å². The molecule has 8 heteroatoms. The molecule has 0 aliphatic rings. The summed E-state index contributed by atoms with van der Waals surface area (Å²) < 4.78 is 16.4. The van der Waals surface area contributed by atoms with E-state index in [-0.39, 0.29) is 11.1 Å². The molecule has 2 N–H and O–H groups in total. The number of aromatic carboxylic acids is 1. The van der Waals surface area contributed by atoms with Crippen LogP contribution in [-0.4, -0.2) is 52.7 Å². The molecule has 0 unspecified atom stereocenters. The van der Waals surface area contributed by atoms with E-state index in [9.17, 15) is 14.7 Å². The SMILES string of the molecule is CO[Si](CCc1cccc2c(C(=O)O)c(C(=O)NC(C)(C)C)ccc12)(OC)OC. The van der Waals surface area contributed by atoms with E-state index < -0.39 is 26.2 Å². The Hall–Kier alpha value is -2.26. The zero-order chi connectivity index (χ0) is 21.8. The number of hydrogen-bond donors (Lipinski definition) is 2. The van der Waals surface area contributed by atoms with Gasteiger partial charge in [-0.1, -0.05) is 24.3 Å². The van der Waals surface area contributed by atoms with Crippen LogP contribution in [0.5, 0.6) is 0 Å². The first-order valence-corrected chi connectivity index (χ1v) is 11.3. The van der Waals surface area contributed by atoms with Gasteiger partial charge in [0.15, 0.2) is 0 Å². The van der Waals surface area contributed by atoms with Crippen molar-refractivity contribution in [1.82, 2.24) is 5.32 Å². The first-order valence-electron chi connectivity index (χ1n) is 9.33. The second-order valence-corrected chi connectivity index (χ2v) is 10.9. The zero-order valence-corrected chi connectivity index (χ0v) is 18.8. The van der Waals surface area contributed by atoms with Gasteiger partial charge >= 0.3 is 14.8 Å². The van der Waals surface area contributed by atoms with Crippen LogP contribution >= 0.6 is 0 Å². The monoisotopic (exact) mass is 419 g/mol. The number of nitrogens with one attached hydrogen (secondary N) is 1. The maximum atomic E-state index is 12.7. The fourth-order valence-corrected chi connectivity index (χ4v) is 5.00. The van der Waals surface area contributed by atoms with E-state index in [1.54, 1.807) is 45.6 Å². The van der Waals surface area contributed by atoms with E-state index in [2.05, 4.69) is 5.32 Å². The molecule has 0 heterocycles. The maximum Gasteiger partial charge on any atom is 0.500 e. The maximum absolute atomic E-state index is 12.7. The number of carbonyl (C=O) groups excluding carboxylic acids is 1. The molecule has 158 valence electrons. The van der Waals surface area contributed by atoms with Crippen LogP contribution in [0.15, 0.2) is 30.3 Å². The van der Waals surface area contributed by atoms with E-state index >= 15 is 0 Å². The highest BCUT2D eigenvalue weighted by atomic mass is 28.4. The van der Waals surface area contributed by atoms with Crippen molar-refractivity contribution in [3.8, 4) is 0 Å². The van der Waals surface area contributed by atoms with Gasteiger partial charge < -0.3 is 23.7 Å². The van der Waals surface area contributed by atoms with Gasteiger partial charge in [-0.2, -0.15) is 0 Å². The van der Waals surface area contributed by atoms with E-state index in [0.29, 0.717) is 17.9 Å². The lowest BCUT2D eigenvalue weighted by molar-refractivity contribution is 0.0692. The van der Waals surface area contributed by atoms with E-state index in [1.807, 2.05) is 26.8 Å². The van der Waals surface area contributed by atoms with Gasteiger partial charge in [0.05, 0.1) is 11.1 Å². The number of carboxylic acids is 1. The number of fused-ring (bicyclic) bond motifs is 1. The lowest BCUT2D eigenvalue weighted by Crippen LogP contribution is -2.43. The molecule has 29 heavy (non-hydrogen) atoms. The minimum atomic E-state index is -2.76.